The average Bonchev–Trinajstić information content (AvgIpc) is 3.01. The highest BCUT2D eigenvalue weighted by atomic mass is 16.5. The molecule has 0 bridgehead atoms. The molecule has 0 radical (unpaired) electrons. The van der Waals surface area contributed by atoms with Gasteiger partial charge in [-0.3, -0.25) is 0 Å². The van der Waals surface area contributed by atoms with Crippen molar-refractivity contribution in [2.75, 3.05) is 0 Å². The number of aromatic carboxylic acids is 1. The predicted octanol–water partition coefficient (Wildman–Crippen LogP) is 3.05. The summed E-state index contributed by atoms with van der Waals surface area (Å²) in [5.41, 5.74) is 1.25. The second-order valence-electron chi connectivity index (χ2n) is 4.50. The van der Waals surface area contributed by atoms with Crippen LogP contribution >= 0.6 is 0 Å². The van der Waals surface area contributed by atoms with E-state index in [0.29, 0.717) is 5.75 Å². The molecule has 1 aliphatic carbocycles. The fraction of sp³-hybridized carbons (Fsp3) is 0.462. The van der Waals surface area contributed by atoms with Crippen molar-refractivity contribution < 1.29 is 14.6 Å². The first kappa shape index (κ1) is 11.0. The molecule has 0 atom stereocenters. The van der Waals surface area contributed by atoms with Crippen LogP contribution in [-0.2, 0) is 0 Å². The Bertz CT molecular complexity index is 406. The lowest BCUT2D eigenvalue weighted by Gasteiger charge is -2.15. The topological polar surface area (TPSA) is 46.5 Å². The lowest BCUT2D eigenvalue weighted by molar-refractivity contribution is 0.0691. The van der Waals surface area contributed by atoms with Gasteiger partial charge in [-0.15, -0.1) is 0 Å². The number of hydrogen-bond acceptors (Lipinski definition) is 2. The standard InChI is InChI=1S/C13H16O3/c1-8(2)10-4-3-5-11(13(14)15)12(10)16-9-6-7-9/h3-5,8-9H,6-7H2,1-2H3,(H,14,15). The SMILES string of the molecule is CC(C)c1cccc(C(=O)O)c1OC1CC1. The number of carboxylic acid groups (broad SMARTS) is 1. The van der Waals surface area contributed by atoms with E-state index in [1.54, 1.807) is 12.1 Å². The van der Waals surface area contributed by atoms with Crippen molar-refractivity contribution in [1.82, 2.24) is 0 Å². The highest BCUT2D eigenvalue weighted by Gasteiger charge is 2.27. The Morgan fingerprint density at radius 2 is 2.12 bits per heavy atom. The van der Waals surface area contributed by atoms with E-state index in [9.17, 15) is 4.79 Å². The van der Waals surface area contributed by atoms with Crippen molar-refractivity contribution in [3.63, 3.8) is 0 Å². The van der Waals surface area contributed by atoms with Gasteiger partial charge in [0.05, 0.1) is 6.10 Å². The average molecular weight is 220 g/mol. The van der Waals surface area contributed by atoms with E-state index < -0.39 is 5.97 Å². The lowest BCUT2D eigenvalue weighted by Crippen LogP contribution is -2.08. The van der Waals surface area contributed by atoms with Gasteiger partial charge in [-0.25, -0.2) is 4.79 Å². The summed E-state index contributed by atoms with van der Waals surface area (Å²) in [7, 11) is 0. The molecular formula is C13H16O3. The molecule has 3 nitrogen and oxygen atoms in total. The van der Waals surface area contributed by atoms with E-state index in [1.165, 1.54) is 0 Å². The second-order valence-corrected chi connectivity index (χ2v) is 4.50. The molecule has 1 fully saturated rings. The van der Waals surface area contributed by atoms with Gasteiger partial charge in [-0.05, 0) is 30.4 Å². The quantitative estimate of drug-likeness (QED) is 0.848. The van der Waals surface area contributed by atoms with Gasteiger partial charge in [0.2, 0.25) is 0 Å². The van der Waals surface area contributed by atoms with Gasteiger partial charge >= 0.3 is 5.97 Å². The first-order chi connectivity index (χ1) is 7.59. The van der Waals surface area contributed by atoms with Crippen LogP contribution in [0, 0.1) is 0 Å². The third-order valence-corrected chi connectivity index (χ3v) is 2.71. The number of carbonyl (C=O) groups is 1. The van der Waals surface area contributed by atoms with Crippen molar-refractivity contribution >= 4 is 5.97 Å². The van der Waals surface area contributed by atoms with Gasteiger partial charge in [-0.2, -0.15) is 0 Å². The van der Waals surface area contributed by atoms with E-state index in [2.05, 4.69) is 0 Å². The van der Waals surface area contributed by atoms with E-state index in [-0.39, 0.29) is 17.6 Å². The molecular weight excluding hydrogens is 204 g/mol. The van der Waals surface area contributed by atoms with Gasteiger partial charge in [0, 0.05) is 0 Å². The van der Waals surface area contributed by atoms with Crippen LogP contribution in [0.5, 0.6) is 5.75 Å². The number of rotatable bonds is 4. The van der Waals surface area contributed by atoms with Gasteiger partial charge < -0.3 is 9.84 Å². The van der Waals surface area contributed by atoms with Crippen LogP contribution < -0.4 is 4.74 Å². The molecule has 1 N–H and O–H groups in total. The van der Waals surface area contributed by atoms with Crippen molar-refractivity contribution in [3.05, 3.63) is 29.3 Å². The summed E-state index contributed by atoms with van der Waals surface area (Å²) in [6.07, 6.45) is 2.29. The van der Waals surface area contributed by atoms with Gasteiger partial charge in [-0.1, -0.05) is 26.0 Å². The van der Waals surface area contributed by atoms with E-state index in [0.717, 1.165) is 18.4 Å². The smallest absolute Gasteiger partial charge is 0.339 e. The minimum Gasteiger partial charge on any atom is -0.489 e. The number of ether oxygens (including phenoxy) is 1. The zero-order valence-corrected chi connectivity index (χ0v) is 9.56. The monoisotopic (exact) mass is 220 g/mol. The summed E-state index contributed by atoms with van der Waals surface area (Å²) in [6.45, 7) is 4.08. The summed E-state index contributed by atoms with van der Waals surface area (Å²) in [5.74, 6) is -0.0845. The minimum atomic E-state index is -0.918. The highest BCUT2D eigenvalue weighted by molar-refractivity contribution is 5.91. The highest BCUT2D eigenvalue weighted by Crippen LogP contribution is 2.35. The Hall–Kier alpha value is -1.51. The van der Waals surface area contributed by atoms with E-state index >= 15 is 0 Å². The van der Waals surface area contributed by atoms with Crippen LogP contribution in [0.2, 0.25) is 0 Å². The fourth-order valence-electron chi connectivity index (χ4n) is 1.66. The Balaban J connectivity index is 2.42. The molecule has 1 aromatic carbocycles. The number of hydrogen-bond donors (Lipinski definition) is 1. The molecule has 1 aliphatic rings. The number of benzene rings is 1. The number of carboxylic acids is 1. The zero-order valence-electron chi connectivity index (χ0n) is 9.56. The normalized spacial score (nSPS) is 15.2. The molecule has 1 aromatic rings. The van der Waals surface area contributed by atoms with Gasteiger partial charge in [0.15, 0.2) is 0 Å². The first-order valence-electron chi connectivity index (χ1n) is 5.62. The number of para-hydroxylation sites is 1. The molecule has 0 aromatic heterocycles. The predicted molar refractivity (Wildman–Crippen MR) is 61.1 cm³/mol. The van der Waals surface area contributed by atoms with Gasteiger partial charge in [0.1, 0.15) is 11.3 Å². The Morgan fingerprint density at radius 1 is 1.44 bits per heavy atom. The molecule has 86 valence electrons. The molecule has 0 saturated heterocycles. The van der Waals surface area contributed by atoms with E-state index in [4.69, 9.17) is 9.84 Å². The molecule has 2 rings (SSSR count). The first-order valence-corrected chi connectivity index (χ1v) is 5.62. The van der Waals surface area contributed by atoms with Crippen LogP contribution in [0.15, 0.2) is 18.2 Å². The molecule has 0 heterocycles. The van der Waals surface area contributed by atoms with Crippen molar-refractivity contribution in [2.45, 2.75) is 38.7 Å². The summed E-state index contributed by atoms with van der Waals surface area (Å²) in [6, 6.07) is 5.32. The summed E-state index contributed by atoms with van der Waals surface area (Å²) in [4.78, 5) is 11.1. The second kappa shape index (κ2) is 4.16. The molecule has 0 amide bonds. The molecule has 0 spiro atoms. The molecule has 0 aliphatic heterocycles. The lowest BCUT2D eigenvalue weighted by atomic mass is 9.99. The van der Waals surface area contributed by atoms with Crippen molar-refractivity contribution in [2.24, 2.45) is 0 Å². The van der Waals surface area contributed by atoms with E-state index in [1.807, 2.05) is 19.9 Å². The molecule has 3 heteroatoms. The van der Waals surface area contributed by atoms with Crippen molar-refractivity contribution in [3.8, 4) is 5.75 Å². The summed E-state index contributed by atoms with van der Waals surface area (Å²) >= 11 is 0. The largest absolute Gasteiger partial charge is 0.489 e. The maximum atomic E-state index is 11.1. The maximum Gasteiger partial charge on any atom is 0.339 e. The summed E-state index contributed by atoms with van der Waals surface area (Å²) in [5, 5.41) is 9.13. The minimum absolute atomic E-state index is 0.220. The third kappa shape index (κ3) is 2.18. The maximum absolute atomic E-state index is 11.1. The molecule has 1 saturated carbocycles. The third-order valence-electron chi connectivity index (χ3n) is 2.71. The van der Waals surface area contributed by atoms with Crippen LogP contribution in [0.4, 0.5) is 0 Å². The van der Waals surface area contributed by atoms with Crippen LogP contribution in [0.1, 0.15) is 48.5 Å². The van der Waals surface area contributed by atoms with Crippen LogP contribution in [0.3, 0.4) is 0 Å². The Morgan fingerprint density at radius 3 is 2.62 bits per heavy atom. The van der Waals surface area contributed by atoms with Gasteiger partial charge in [0.25, 0.3) is 0 Å². The summed E-state index contributed by atoms with van der Waals surface area (Å²) < 4.78 is 5.73. The Labute approximate surface area is 95.0 Å². The molecule has 0 unspecified atom stereocenters. The molecule has 16 heavy (non-hydrogen) atoms. The fourth-order valence-corrected chi connectivity index (χ4v) is 1.66. The van der Waals surface area contributed by atoms with Crippen LogP contribution in [0.25, 0.3) is 0 Å². The Kier molecular flexibility index (Phi) is 2.86. The zero-order chi connectivity index (χ0) is 11.7. The van der Waals surface area contributed by atoms with Crippen molar-refractivity contribution in [1.29, 1.82) is 0 Å². The van der Waals surface area contributed by atoms with Crippen LogP contribution in [-0.4, -0.2) is 17.2 Å².